The van der Waals surface area contributed by atoms with Gasteiger partial charge in [-0.1, -0.05) is 6.07 Å². The van der Waals surface area contributed by atoms with Crippen LogP contribution in [0.3, 0.4) is 0 Å². The third-order valence-electron chi connectivity index (χ3n) is 4.10. The lowest BCUT2D eigenvalue weighted by molar-refractivity contribution is 0.601. The molecule has 0 saturated carbocycles. The molecule has 0 unspecified atom stereocenters. The van der Waals surface area contributed by atoms with Crippen molar-refractivity contribution < 1.29 is 8.42 Å². The Hall–Kier alpha value is -3.17. The lowest BCUT2D eigenvalue weighted by atomic mass is 9.98. The van der Waals surface area contributed by atoms with Crippen LogP contribution < -0.4 is 4.72 Å². The van der Waals surface area contributed by atoms with Crippen molar-refractivity contribution in [3.8, 4) is 17.2 Å². The highest BCUT2D eigenvalue weighted by Crippen LogP contribution is 2.28. The van der Waals surface area contributed by atoms with Gasteiger partial charge in [0.25, 0.3) is 10.0 Å². The van der Waals surface area contributed by atoms with E-state index in [0.717, 1.165) is 22.3 Å². The monoisotopic (exact) mass is 363 g/mol. The second-order valence-electron chi connectivity index (χ2n) is 5.96. The molecular formula is C20H17N3O2S. The molecule has 0 radical (unpaired) electrons. The predicted molar refractivity (Wildman–Crippen MR) is 101 cm³/mol. The van der Waals surface area contributed by atoms with E-state index in [2.05, 4.69) is 9.71 Å². The number of benzene rings is 2. The Balaban J connectivity index is 1.90. The van der Waals surface area contributed by atoms with E-state index >= 15 is 0 Å². The van der Waals surface area contributed by atoms with Crippen LogP contribution in [0.1, 0.15) is 16.7 Å². The third kappa shape index (κ3) is 3.58. The van der Waals surface area contributed by atoms with Gasteiger partial charge in [0, 0.05) is 23.6 Å². The normalized spacial score (nSPS) is 11.0. The highest BCUT2D eigenvalue weighted by Gasteiger charge is 2.15. The van der Waals surface area contributed by atoms with Gasteiger partial charge in [-0.25, -0.2) is 8.42 Å². The first-order valence-corrected chi connectivity index (χ1v) is 9.43. The molecular weight excluding hydrogens is 346 g/mol. The van der Waals surface area contributed by atoms with Gasteiger partial charge in [0.2, 0.25) is 0 Å². The van der Waals surface area contributed by atoms with Crippen LogP contribution in [0.5, 0.6) is 0 Å². The van der Waals surface area contributed by atoms with Crippen LogP contribution in [0.25, 0.3) is 11.1 Å². The highest BCUT2D eigenvalue weighted by atomic mass is 32.2. The number of pyridine rings is 1. The summed E-state index contributed by atoms with van der Waals surface area (Å²) in [6.45, 7) is 3.94. The van der Waals surface area contributed by atoms with Crippen LogP contribution in [-0.2, 0) is 10.0 Å². The number of hydrogen-bond acceptors (Lipinski definition) is 4. The van der Waals surface area contributed by atoms with E-state index in [1.807, 2.05) is 32.0 Å². The van der Waals surface area contributed by atoms with Crippen LogP contribution >= 0.6 is 0 Å². The molecule has 0 aliphatic rings. The number of sulfonamides is 1. The smallest absolute Gasteiger partial charge is 0.261 e. The molecule has 0 aliphatic carbocycles. The van der Waals surface area contributed by atoms with Crippen LogP contribution in [0.4, 0.5) is 5.69 Å². The SMILES string of the molecule is Cc1cc(NS(=O)(=O)c2ccc(C#N)cc2)ccc1-c1cnccc1C. The summed E-state index contributed by atoms with van der Waals surface area (Å²) in [4.78, 5) is 4.28. The van der Waals surface area contributed by atoms with Gasteiger partial charge in [-0.3, -0.25) is 9.71 Å². The quantitative estimate of drug-likeness (QED) is 0.758. The van der Waals surface area contributed by atoms with Crippen molar-refractivity contribution >= 4 is 15.7 Å². The predicted octanol–water partition coefficient (Wildman–Crippen LogP) is 4.04. The van der Waals surface area contributed by atoms with Gasteiger partial charge < -0.3 is 0 Å². The molecule has 5 nitrogen and oxygen atoms in total. The first kappa shape index (κ1) is 17.6. The average molecular weight is 363 g/mol. The van der Waals surface area contributed by atoms with Crippen molar-refractivity contribution in [3.05, 3.63) is 77.6 Å². The molecule has 0 amide bonds. The Bertz CT molecular complexity index is 1100. The number of hydrogen-bond donors (Lipinski definition) is 1. The van der Waals surface area contributed by atoms with Crippen LogP contribution in [0.2, 0.25) is 0 Å². The van der Waals surface area contributed by atoms with Gasteiger partial charge in [-0.05, 0) is 73.0 Å². The van der Waals surface area contributed by atoms with Crippen molar-refractivity contribution in [1.29, 1.82) is 5.26 Å². The van der Waals surface area contributed by atoms with Crippen molar-refractivity contribution in [2.45, 2.75) is 18.7 Å². The Morgan fingerprint density at radius 2 is 1.69 bits per heavy atom. The number of nitrogens with zero attached hydrogens (tertiary/aromatic N) is 2. The van der Waals surface area contributed by atoms with E-state index < -0.39 is 10.0 Å². The molecule has 6 heteroatoms. The second-order valence-corrected chi connectivity index (χ2v) is 7.64. The van der Waals surface area contributed by atoms with Gasteiger partial charge in [0.1, 0.15) is 0 Å². The number of aromatic nitrogens is 1. The molecule has 1 heterocycles. The summed E-state index contributed by atoms with van der Waals surface area (Å²) in [5.74, 6) is 0. The van der Waals surface area contributed by atoms with Gasteiger partial charge in [-0.15, -0.1) is 0 Å². The Morgan fingerprint density at radius 3 is 2.31 bits per heavy atom. The molecule has 1 N–H and O–H groups in total. The zero-order chi connectivity index (χ0) is 18.7. The highest BCUT2D eigenvalue weighted by molar-refractivity contribution is 7.92. The summed E-state index contributed by atoms with van der Waals surface area (Å²) in [7, 11) is -3.71. The molecule has 3 rings (SSSR count). The summed E-state index contributed by atoms with van der Waals surface area (Å²) < 4.78 is 27.6. The van der Waals surface area contributed by atoms with Crippen LogP contribution in [0.15, 0.2) is 65.8 Å². The van der Waals surface area contributed by atoms with E-state index in [0.29, 0.717) is 11.3 Å². The average Bonchev–Trinajstić information content (AvgIpc) is 2.62. The standard InChI is InChI=1S/C20H17N3O2S/c1-14-9-10-22-13-20(14)19-8-5-17(11-15(19)2)23-26(24,25)18-6-3-16(12-21)4-7-18/h3-11,13,23H,1-2H3. The summed E-state index contributed by atoms with van der Waals surface area (Å²) in [5, 5.41) is 8.82. The van der Waals surface area contributed by atoms with Gasteiger partial charge >= 0.3 is 0 Å². The zero-order valence-electron chi connectivity index (χ0n) is 14.4. The molecule has 0 fully saturated rings. The van der Waals surface area contributed by atoms with Crippen molar-refractivity contribution in [3.63, 3.8) is 0 Å². The maximum atomic E-state index is 12.5. The largest absolute Gasteiger partial charge is 0.280 e. The Kier molecular flexibility index (Phi) is 4.74. The number of rotatable bonds is 4. The lowest BCUT2D eigenvalue weighted by Crippen LogP contribution is -2.13. The topological polar surface area (TPSA) is 82.9 Å². The van der Waals surface area contributed by atoms with Gasteiger partial charge in [-0.2, -0.15) is 5.26 Å². The van der Waals surface area contributed by atoms with Crippen molar-refractivity contribution in [2.24, 2.45) is 0 Å². The van der Waals surface area contributed by atoms with Gasteiger partial charge in [0.05, 0.1) is 16.5 Å². The van der Waals surface area contributed by atoms with Crippen LogP contribution in [-0.4, -0.2) is 13.4 Å². The number of anilines is 1. The maximum Gasteiger partial charge on any atom is 0.261 e. The minimum Gasteiger partial charge on any atom is -0.280 e. The van der Waals surface area contributed by atoms with E-state index in [1.54, 1.807) is 24.5 Å². The number of aryl methyl sites for hydroxylation is 2. The third-order valence-corrected chi connectivity index (χ3v) is 5.50. The zero-order valence-corrected chi connectivity index (χ0v) is 15.2. The van der Waals surface area contributed by atoms with E-state index in [4.69, 9.17) is 5.26 Å². The molecule has 0 aliphatic heterocycles. The molecule has 1 aromatic heterocycles. The van der Waals surface area contributed by atoms with Crippen LogP contribution in [0, 0.1) is 25.2 Å². The molecule has 26 heavy (non-hydrogen) atoms. The Labute approximate surface area is 153 Å². The first-order chi connectivity index (χ1) is 12.4. The fourth-order valence-electron chi connectivity index (χ4n) is 2.70. The number of nitrogens with one attached hydrogen (secondary N) is 1. The molecule has 0 spiro atoms. The molecule has 0 bridgehead atoms. The summed E-state index contributed by atoms with van der Waals surface area (Å²) in [5.41, 5.74) is 4.98. The molecule has 0 atom stereocenters. The van der Waals surface area contributed by atoms with Crippen molar-refractivity contribution in [2.75, 3.05) is 4.72 Å². The minimum atomic E-state index is -3.71. The number of nitriles is 1. The van der Waals surface area contributed by atoms with E-state index in [-0.39, 0.29) is 4.90 Å². The molecule has 130 valence electrons. The summed E-state index contributed by atoms with van der Waals surface area (Å²) >= 11 is 0. The van der Waals surface area contributed by atoms with Crippen molar-refractivity contribution in [1.82, 2.24) is 4.98 Å². The fraction of sp³-hybridized carbons (Fsp3) is 0.100. The fourth-order valence-corrected chi connectivity index (χ4v) is 3.75. The summed E-state index contributed by atoms with van der Waals surface area (Å²) in [6, 6.07) is 15.1. The Morgan fingerprint density at radius 1 is 0.962 bits per heavy atom. The maximum absolute atomic E-state index is 12.5. The molecule has 3 aromatic rings. The summed E-state index contributed by atoms with van der Waals surface area (Å²) in [6.07, 6.45) is 3.55. The molecule has 2 aromatic carbocycles. The lowest BCUT2D eigenvalue weighted by Gasteiger charge is -2.12. The van der Waals surface area contributed by atoms with E-state index in [9.17, 15) is 8.42 Å². The minimum absolute atomic E-state index is 0.112. The van der Waals surface area contributed by atoms with E-state index in [1.165, 1.54) is 24.3 Å². The second kappa shape index (κ2) is 6.98. The molecule has 0 saturated heterocycles. The van der Waals surface area contributed by atoms with Gasteiger partial charge in [0.15, 0.2) is 0 Å². The first-order valence-electron chi connectivity index (χ1n) is 7.95.